The summed E-state index contributed by atoms with van der Waals surface area (Å²) in [7, 11) is 0. The molecule has 0 spiro atoms. The van der Waals surface area contributed by atoms with Crippen LogP contribution < -0.4 is 9.30 Å². The van der Waals surface area contributed by atoms with Crippen LogP contribution in [0, 0.1) is 18.5 Å². The van der Waals surface area contributed by atoms with E-state index in [9.17, 15) is 0 Å². The van der Waals surface area contributed by atoms with Crippen molar-refractivity contribution in [2.75, 3.05) is 0 Å². The molecule has 1 aliphatic rings. The van der Waals surface area contributed by atoms with Gasteiger partial charge in [0.2, 0.25) is 0 Å². The van der Waals surface area contributed by atoms with Gasteiger partial charge in [-0.15, -0.1) is 29.7 Å². The fourth-order valence-corrected chi connectivity index (χ4v) is 9.51. The van der Waals surface area contributed by atoms with E-state index in [1.54, 1.807) is 0 Å². The Kier molecular flexibility index (Phi) is 10.4. The van der Waals surface area contributed by atoms with Gasteiger partial charge >= 0.3 is 0 Å². The molecule has 0 unspecified atom stereocenters. The Morgan fingerprint density at radius 2 is 1.23 bits per heavy atom. The molecule has 1 aliphatic carbocycles. The van der Waals surface area contributed by atoms with Gasteiger partial charge in [0.15, 0.2) is 0 Å². The summed E-state index contributed by atoms with van der Waals surface area (Å²) < 4.78 is 13.5. The van der Waals surface area contributed by atoms with Gasteiger partial charge in [0.1, 0.15) is 5.82 Å². The van der Waals surface area contributed by atoms with Crippen molar-refractivity contribution < 1.29 is 30.4 Å². The average molecular weight is 1040 g/mol. The smallest absolute Gasteiger partial charge is 0.268 e. The van der Waals surface area contributed by atoms with Crippen LogP contribution in [0.2, 0.25) is 0 Å². The number of fused-ring (bicyclic) bond motifs is 8. The van der Waals surface area contributed by atoms with E-state index < -0.39 is 0 Å². The average Bonchev–Trinajstić information content (AvgIpc) is 3.81. The van der Waals surface area contributed by atoms with Gasteiger partial charge in [-0.3, -0.25) is 4.57 Å². The van der Waals surface area contributed by atoms with E-state index in [1.165, 1.54) is 38.6 Å². The Morgan fingerprint density at radius 3 is 1.98 bits per heavy atom. The van der Waals surface area contributed by atoms with Crippen molar-refractivity contribution in [1.82, 2.24) is 14.1 Å². The van der Waals surface area contributed by atoms with Crippen LogP contribution in [0.1, 0.15) is 79.0 Å². The molecular formula is C60H52N4OPt-2. The first-order chi connectivity index (χ1) is 31.1. The van der Waals surface area contributed by atoms with Gasteiger partial charge in [-0.1, -0.05) is 165 Å². The number of para-hydroxylation sites is 2. The third-order valence-corrected chi connectivity index (χ3v) is 13.0. The molecule has 0 aliphatic heterocycles. The summed E-state index contributed by atoms with van der Waals surface area (Å²) in [5.74, 6) is 2.03. The zero-order valence-electron chi connectivity index (χ0n) is 38.9. The molecule has 330 valence electrons. The second-order valence-electron chi connectivity index (χ2n) is 20.6. The molecule has 7 aromatic carbocycles. The minimum Gasteiger partial charge on any atom is -0.510 e. The largest absolute Gasteiger partial charge is 0.510 e. The predicted octanol–water partition coefficient (Wildman–Crippen LogP) is 14.8. The molecule has 0 N–H and O–H groups in total. The number of rotatable bonds is 5. The van der Waals surface area contributed by atoms with Crippen LogP contribution in [-0.4, -0.2) is 14.1 Å². The molecule has 6 heteroatoms. The van der Waals surface area contributed by atoms with E-state index in [2.05, 4.69) is 240 Å². The summed E-state index contributed by atoms with van der Waals surface area (Å²) in [4.78, 5) is 5.11. The molecule has 66 heavy (non-hydrogen) atoms. The van der Waals surface area contributed by atoms with E-state index >= 15 is 0 Å². The van der Waals surface area contributed by atoms with E-state index in [1.807, 2.05) is 6.20 Å². The Morgan fingerprint density at radius 1 is 0.561 bits per heavy atom. The monoisotopic (exact) mass is 1040 g/mol. The maximum atomic E-state index is 6.97. The van der Waals surface area contributed by atoms with Crippen molar-refractivity contribution in [3.8, 4) is 62.2 Å². The van der Waals surface area contributed by atoms with Gasteiger partial charge in [0, 0.05) is 50.0 Å². The Bertz CT molecular complexity index is 3530. The van der Waals surface area contributed by atoms with Crippen molar-refractivity contribution in [2.45, 2.75) is 78.6 Å². The molecule has 0 radical (unpaired) electrons. The summed E-state index contributed by atoms with van der Waals surface area (Å²) in [6.07, 6.45) is 5.66. The van der Waals surface area contributed by atoms with Crippen LogP contribution in [0.5, 0.6) is 11.5 Å². The van der Waals surface area contributed by atoms with Crippen molar-refractivity contribution in [3.63, 3.8) is 0 Å². The van der Waals surface area contributed by atoms with Gasteiger partial charge in [-0.25, -0.2) is 4.98 Å². The van der Waals surface area contributed by atoms with Gasteiger partial charge in [0.25, 0.3) is 6.33 Å². The van der Waals surface area contributed by atoms with E-state index in [4.69, 9.17) is 9.72 Å². The van der Waals surface area contributed by atoms with E-state index in [0.29, 0.717) is 11.5 Å². The molecule has 0 fully saturated rings. The molecule has 5 nitrogen and oxygen atoms in total. The van der Waals surface area contributed by atoms with Crippen LogP contribution in [0.4, 0.5) is 0 Å². The second-order valence-corrected chi connectivity index (χ2v) is 20.6. The summed E-state index contributed by atoms with van der Waals surface area (Å²) in [6, 6.07) is 59.8. The van der Waals surface area contributed by atoms with Crippen LogP contribution >= 0.6 is 0 Å². The predicted molar refractivity (Wildman–Crippen MR) is 266 cm³/mol. The van der Waals surface area contributed by atoms with Crippen molar-refractivity contribution >= 4 is 32.7 Å². The molecule has 0 atom stereocenters. The summed E-state index contributed by atoms with van der Waals surface area (Å²) in [5, 5.41) is 3.54. The molecule has 3 aromatic heterocycles. The van der Waals surface area contributed by atoms with Crippen molar-refractivity contribution in [1.29, 1.82) is 0 Å². The summed E-state index contributed by atoms with van der Waals surface area (Å²) >= 11 is 0. The van der Waals surface area contributed by atoms with Gasteiger partial charge in [-0.05, 0) is 90.4 Å². The molecular weight excluding hydrogens is 988 g/mol. The normalized spacial score (nSPS) is 12.5. The zero-order valence-corrected chi connectivity index (χ0v) is 41.2. The third-order valence-electron chi connectivity index (χ3n) is 13.0. The Hall–Kier alpha value is -6.55. The molecule has 0 saturated carbocycles. The van der Waals surface area contributed by atoms with Crippen LogP contribution in [-0.2, 0) is 37.3 Å². The molecule has 3 heterocycles. The minimum absolute atomic E-state index is 0. The SMILES string of the molecule is CC(C)(C)c1cc(Oc2[c-]c3c(cc2)c2c(n3-c3cc(C(C)(C)C)ccn3)-c3ccccc3-c3cccc4cccc-2c34)[c-]c(-n2[c-][n+](-c3cccc(C(C)(C)C)c3)c3ccccc32)c1.[Pt]. The topological polar surface area (TPSA) is 35.9 Å². The maximum Gasteiger partial charge on any atom is 0.268 e. The molecule has 11 rings (SSSR count). The number of hydrogen-bond acceptors (Lipinski definition) is 2. The van der Waals surface area contributed by atoms with Crippen molar-refractivity contribution in [3.05, 3.63) is 187 Å². The number of imidazole rings is 1. The molecule has 0 saturated heterocycles. The number of benzene rings is 7. The molecule has 0 amide bonds. The van der Waals surface area contributed by atoms with Crippen LogP contribution in [0.3, 0.4) is 0 Å². The number of nitrogens with zero attached hydrogens (tertiary/aromatic N) is 4. The second kappa shape index (κ2) is 15.8. The zero-order chi connectivity index (χ0) is 45.0. The number of ether oxygens (including phenoxy) is 1. The fraction of sp³-hybridized carbons (Fsp3) is 0.200. The van der Waals surface area contributed by atoms with Crippen LogP contribution in [0.15, 0.2) is 152 Å². The third kappa shape index (κ3) is 7.29. The van der Waals surface area contributed by atoms with Gasteiger partial charge in [0.05, 0.1) is 16.7 Å². The van der Waals surface area contributed by atoms with Crippen molar-refractivity contribution in [2.24, 2.45) is 0 Å². The van der Waals surface area contributed by atoms with E-state index in [-0.39, 0.29) is 37.3 Å². The Balaban J connectivity index is 0.00000511. The standard InChI is InChI=1S/C60H52N4O.Pt/c1-58(2,3)39-19-16-20-42(31-39)62-37-63(52-26-13-12-25-51(52)62)43-32-41(60(7,8)9)33-45(35-43)65-44-27-28-49-53(36-44)64(54-34-40(29-30-61-54)59(4,5)6)57-48-22-11-10-21-46(48)47-23-14-17-38-18-15-24-50(55(38)47)56(49)57;/h10-34H,1-9H3;/q-2;. The first kappa shape index (κ1) is 43.3. The van der Waals surface area contributed by atoms with Crippen LogP contribution in [0.25, 0.3) is 83.4 Å². The first-order valence-electron chi connectivity index (χ1n) is 22.6. The van der Waals surface area contributed by atoms with Gasteiger partial charge in [-0.2, -0.15) is 17.7 Å². The number of pyridine rings is 1. The fourth-order valence-electron chi connectivity index (χ4n) is 9.51. The Labute approximate surface area is 402 Å². The maximum absolute atomic E-state index is 6.97. The quantitative estimate of drug-likeness (QED) is 0.127. The number of aromatic nitrogens is 4. The minimum atomic E-state index is -0.184. The molecule has 0 bridgehead atoms. The first-order valence-corrected chi connectivity index (χ1v) is 22.6. The van der Waals surface area contributed by atoms with E-state index in [0.717, 1.165) is 61.5 Å². The molecule has 10 aromatic rings. The summed E-state index contributed by atoms with van der Waals surface area (Å²) in [5.41, 5.74) is 15.2. The summed E-state index contributed by atoms with van der Waals surface area (Å²) in [6.45, 7) is 20.2. The van der Waals surface area contributed by atoms with Gasteiger partial charge < -0.3 is 13.9 Å². The number of hydrogen-bond donors (Lipinski definition) is 0.